The minimum absolute atomic E-state index is 0.0388. The molecule has 7 heteroatoms. The van der Waals surface area contributed by atoms with Crippen LogP contribution in [0.1, 0.15) is 31.2 Å². The van der Waals surface area contributed by atoms with E-state index in [-0.39, 0.29) is 25.0 Å². The van der Waals surface area contributed by atoms with Gasteiger partial charge in [0.1, 0.15) is 18.1 Å². The van der Waals surface area contributed by atoms with Crippen LogP contribution >= 0.6 is 0 Å². The number of rotatable bonds is 5. The van der Waals surface area contributed by atoms with Crippen molar-refractivity contribution in [2.24, 2.45) is 0 Å². The zero-order valence-electron chi connectivity index (χ0n) is 11.4. The molecule has 0 bridgehead atoms. The Morgan fingerprint density at radius 2 is 2.25 bits per heavy atom. The molecular formula is C13H17N5O2. The Labute approximate surface area is 116 Å². The summed E-state index contributed by atoms with van der Waals surface area (Å²) in [6.45, 7) is 3.78. The summed E-state index contributed by atoms with van der Waals surface area (Å²) >= 11 is 0. The van der Waals surface area contributed by atoms with Crippen molar-refractivity contribution in [1.29, 1.82) is 0 Å². The number of aliphatic hydroxyl groups excluding tert-OH is 1. The monoisotopic (exact) mass is 275 g/mol. The van der Waals surface area contributed by atoms with E-state index in [1.165, 1.54) is 4.68 Å². The van der Waals surface area contributed by atoms with E-state index < -0.39 is 0 Å². The number of carbonyl (C=O) groups is 1. The summed E-state index contributed by atoms with van der Waals surface area (Å²) in [7, 11) is 0. The first-order valence-electron chi connectivity index (χ1n) is 6.35. The molecule has 0 aliphatic carbocycles. The lowest BCUT2D eigenvalue weighted by Gasteiger charge is -2.10. The number of hydrogen-bond acceptors (Lipinski definition) is 5. The van der Waals surface area contributed by atoms with Crippen LogP contribution in [0.5, 0.6) is 0 Å². The number of anilines is 1. The molecule has 0 aliphatic rings. The second kappa shape index (κ2) is 6.25. The Kier molecular flexibility index (Phi) is 4.41. The van der Waals surface area contributed by atoms with Gasteiger partial charge in [-0.15, -0.1) is 5.10 Å². The van der Waals surface area contributed by atoms with Crippen LogP contribution in [0.2, 0.25) is 0 Å². The van der Waals surface area contributed by atoms with E-state index in [2.05, 4.69) is 20.6 Å². The first-order chi connectivity index (χ1) is 9.61. The lowest BCUT2D eigenvalue weighted by Crippen LogP contribution is -2.22. The third-order valence-electron chi connectivity index (χ3n) is 2.77. The number of aromatic nitrogens is 4. The standard InChI is InChI=1S/C13H17N5O2/c1-9(2)13-10(8-19)16-17-18(13)7-12(20)15-11-5-3-4-6-14-11/h3-6,9,19H,7-8H2,1-2H3,(H,14,15,20). The molecule has 2 rings (SSSR count). The summed E-state index contributed by atoms with van der Waals surface area (Å²) < 4.78 is 1.51. The van der Waals surface area contributed by atoms with Gasteiger partial charge in [0.05, 0.1) is 12.3 Å². The van der Waals surface area contributed by atoms with E-state index in [9.17, 15) is 9.90 Å². The zero-order valence-corrected chi connectivity index (χ0v) is 11.4. The van der Waals surface area contributed by atoms with Crippen molar-refractivity contribution in [2.45, 2.75) is 32.9 Å². The Hall–Kier alpha value is -2.28. The predicted octanol–water partition coefficient (Wildman–Crippen LogP) is 0.928. The lowest BCUT2D eigenvalue weighted by atomic mass is 10.1. The number of nitrogens with one attached hydrogen (secondary N) is 1. The molecule has 2 aromatic rings. The van der Waals surface area contributed by atoms with Gasteiger partial charge in [0.2, 0.25) is 5.91 Å². The van der Waals surface area contributed by atoms with Gasteiger partial charge in [-0.1, -0.05) is 25.1 Å². The summed E-state index contributed by atoms with van der Waals surface area (Å²) in [6, 6.07) is 5.28. The number of aliphatic hydroxyl groups is 1. The quantitative estimate of drug-likeness (QED) is 0.846. The van der Waals surface area contributed by atoms with Gasteiger partial charge in [-0.25, -0.2) is 9.67 Å². The molecule has 0 radical (unpaired) electrons. The first-order valence-corrected chi connectivity index (χ1v) is 6.35. The van der Waals surface area contributed by atoms with Crippen LogP contribution in [0.3, 0.4) is 0 Å². The van der Waals surface area contributed by atoms with Crippen molar-refractivity contribution in [3.8, 4) is 0 Å². The van der Waals surface area contributed by atoms with Crippen LogP contribution in [-0.4, -0.2) is 31.0 Å². The molecule has 0 saturated carbocycles. The molecule has 0 aromatic carbocycles. The van der Waals surface area contributed by atoms with Crippen LogP contribution in [0.25, 0.3) is 0 Å². The van der Waals surface area contributed by atoms with Gasteiger partial charge in [0, 0.05) is 6.20 Å². The highest BCUT2D eigenvalue weighted by Gasteiger charge is 2.17. The molecule has 0 aliphatic heterocycles. The lowest BCUT2D eigenvalue weighted by molar-refractivity contribution is -0.117. The highest BCUT2D eigenvalue weighted by atomic mass is 16.3. The molecular weight excluding hydrogens is 258 g/mol. The number of hydrogen-bond donors (Lipinski definition) is 2. The fourth-order valence-corrected chi connectivity index (χ4v) is 1.97. The fraction of sp³-hybridized carbons (Fsp3) is 0.385. The molecule has 2 heterocycles. The molecule has 20 heavy (non-hydrogen) atoms. The molecule has 1 amide bonds. The Bertz CT molecular complexity index is 580. The summed E-state index contributed by atoms with van der Waals surface area (Å²) in [4.78, 5) is 16.0. The van der Waals surface area contributed by atoms with Gasteiger partial charge >= 0.3 is 0 Å². The molecule has 0 saturated heterocycles. The Morgan fingerprint density at radius 3 is 2.85 bits per heavy atom. The molecule has 0 fully saturated rings. The van der Waals surface area contributed by atoms with E-state index in [1.807, 2.05) is 13.8 Å². The summed E-state index contributed by atoms with van der Waals surface area (Å²) in [5, 5.41) is 19.7. The highest BCUT2D eigenvalue weighted by molar-refractivity contribution is 5.89. The second-order valence-corrected chi connectivity index (χ2v) is 4.65. The molecule has 7 nitrogen and oxygen atoms in total. The molecule has 0 unspecified atom stereocenters. The van der Waals surface area contributed by atoms with Crippen molar-refractivity contribution in [2.75, 3.05) is 5.32 Å². The minimum Gasteiger partial charge on any atom is -0.390 e. The maximum Gasteiger partial charge on any atom is 0.247 e. The average Bonchev–Trinajstić information content (AvgIpc) is 2.82. The molecule has 0 spiro atoms. The van der Waals surface area contributed by atoms with Gasteiger partial charge in [-0.3, -0.25) is 4.79 Å². The maximum absolute atomic E-state index is 12.0. The molecule has 2 aromatic heterocycles. The molecule has 106 valence electrons. The Morgan fingerprint density at radius 1 is 1.45 bits per heavy atom. The van der Waals surface area contributed by atoms with Gasteiger partial charge < -0.3 is 10.4 Å². The summed E-state index contributed by atoms with van der Waals surface area (Å²) in [5.74, 6) is 0.376. The smallest absolute Gasteiger partial charge is 0.247 e. The molecule has 2 N–H and O–H groups in total. The predicted molar refractivity (Wildman–Crippen MR) is 72.9 cm³/mol. The van der Waals surface area contributed by atoms with Crippen molar-refractivity contribution in [3.05, 3.63) is 35.8 Å². The zero-order chi connectivity index (χ0) is 14.5. The van der Waals surface area contributed by atoms with Crippen LogP contribution in [0.15, 0.2) is 24.4 Å². The Balaban J connectivity index is 2.10. The number of amides is 1. The number of nitrogens with zero attached hydrogens (tertiary/aromatic N) is 4. The summed E-state index contributed by atoms with van der Waals surface area (Å²) in [6.07, 6.45) is 1.61. The average molecular weight is 275 g/mol. The fourth-order valence-electron chi connectivity index (χ4n) is 1.97. The topological polar surface area (TPSA) is 92.9 Å². The van der Waals surface area contributed by atoms with Gasteiger partial charge in [-0.2, -0.15) is 0 Å². The van der Waals surface area contributed by atoms with Gasteiger partial charge in [-0.05, 0) is 18.1 Å². The van der Waals surface area contributed by atoms with Gasteiger partial charge in [0.25, 0.3) is 0 Å². The van der Waals surface area contributed by atoms with Crippen LogP contribution in [-0.2, 0) is 17.9 Å². The van der Waals surface area contributed by atoms with Crippen molar-refractivity contribution >= 4 is 11.7 Å². The third-order valence-corrected chi connectivity index (χ3v) is 2.77. The van der Waals surface area contributed by atoms with E-state index in [4.69, 9.17) is 0 Å². The van der Waals surface area contributed by atoms with E-state index in [1.54, 1.807) is 24.4 Å². The van der Waals surface area contributed by atoms with Crippen molar-refractivity contribution in [3.63, 3.8) is 0 Å². The maximum atomic E-state index is 12.0. The minimum atomic E-state index is -0.236. The SMILES string of the molecule is CC(C)c1c(CO)nnn1CC(=O)Nc1ccccn1. The number of carbonyl (C=O) groups excluding carboxylic acids is 1. The van der Waals surface area contributed by atoms with Crippen LogP contribution in [0, 0.1) is 0 Å². The third kappa shape index (κ3) is 3.18. The van der Waals surface area contributed by atoms with E-state index in [0.717, 1.165) is 5.69 Å². The van der Waals surface area contributed by atoms with E-state index in [0.29, 0.717) is 11.5 Å². The van der Waals surface area contributed by atoms with Crippen LogP contribution in [0.4, 0.5) is 5.82 Å². The summed E-state index contributed by atoms with van der Waals surface area (Å²) in [5.41, 5.74) is 1.27. The molecule has 0 atom stereocenters. The number of pyridine rings is 1. The van der Waals surface area contributed by atoms with Crippen LogP contribution < -0.4 is 5.32 Å². The van der Waals surface area contributed by atoms with Crippen molar-refractivity contribution in [1.82, 2.24) is 20.0 Å². The largest absolute Gasteiger partial charge is 0.390 e. The second-order valence-electron chi connectivity index (χ2n) is 4.65. The highest BCUT2D eigenvalue weighted by Crippen LogP contribution is 2.17. The van der Waals surface area contributed by atoms with E-state index >= 15 is 0 Å². The van der Waals surface area contributed by atoms with Gasteiger partial charge in [0.15, 0.2) is 0 Å². The normalized spacial score (nSPS) is 10.8. The van der Waals surface area contributed by atoms with Crippen molar-refractivity contribution < 1.29 is 9.90 Å². The first kappa shape index (κ1) is 14.1.